The van der Waals surface area contributed by atoms with Crippen molar-refractivity contribution >= 4 is 17.5 Å². The van der Waals surface area contributed by atoms with Gasteiger partial charge in [-0.1, -0.05) is 11.6 Å². The Morgan fingerprint density at radius 3 is 3.00 bits per heavy atom. The quantitative estimate of drug-likeness (QED) is 0.851. The van der Waals surface area contributed by atoms with Crippen molar-refractivity contribution in [1.29, 1.82) is 0 Å². The Balaban J connectivity index is 2.01. The molecule has 6 heteroatoms. The second-order valence-corrected chi connectivity index (χ2v) is 5.46. The number of hydrogen-bond acceptors (Lipinski definition) is 3. The first-order chi connectivity index (χ1) is 9.00. The van der Waals surface area contributed by atoms with Crippen LogP contribution in [0.3, 0.4) is 0 Å². The number of imidazole rings is 1. The first-order valence-electron chi connectivity index (χ1n) is 6.53. The van der Waals surface area contributed by atoms with Gasteiger partial charge in [-0.2, -0.15) is 0 Å². The van der Waals surface area contributed by atoms with E-state index in [1.807, 2.05) is 14.0 Å². The SMILES string of the molecule is C[C@@H]1OCCC[C@@H]1C(=O)N(C)Cc1ncc(Cl)n1C. The first kappa shape index (κ1) is 14.3. The van der Waals surface area contributed by atoms with Gasteiger partial charge in [0, 0.05) is 20.7 Å². The highest BCUT2D eigenvalue weighted by molar-refractivity contribution is 6.29. The monoisotopic (exact) mass is 285 g/mol. The Morgan fingerprint density at radius 2 is 2.42 bits per heavy atom. The fourth-order valence-electron chi connectivity index (χ4n) is 2.39. The second kappa shape index (κ2) is 5.92. The average molecular weight is 286 g/mol. The zero-order valence-electron chi connectivity index (χ0n) is 11.6. The summed E-state index contributed by atoms with van der Waals surface area (Å²) in [4.78, 5) is 18.3. The van der Waals surface area contributed by atoms with Crippen molar-refractivity contribution in [3.05, 3.63) is 17.2 Å². The maximum absolute atomic E-state index is 12.4. The molecule has 1 aromatic rings. The standard InChI is InChI=1S/C13H20ClN3O2/c1-9-10(5-4-6-19-9)13(18)16(2)8-12-15-7-11(14)17(12)3/h7,9-10H,4-6,8H2,1-3H3/t9-,10-/m0/s1. The number of amides is 1. The van der Waals surface area contributed by atoms with E-state index in [1.54, 1.807) is 22.7 Å². The van der Waals surface area contributed by atoms with Gasteiger partial charge < -0.3 is 14.2 Å². The molecule has 1 aliphatic heterocycles. The highest BCUT2D eigenvalue weighted by Gasteiger charge is 2.31. The molecular weight excluding hydrogens is 266 g/mol. The zero-order valence-corrected chi connectivity index (χ0v) is 12.4. The number of carbonyl (C=O) groups is 1. The van der Waals surface area contributed by atoms with Gasteiger partial charge in [-0.3, -0.25) is 4.79 Å². The van der Waals surface area contributed by atoms with E-state index in [9.17, 15) is 4.79 Å². The summed E-state index contributed by atoms with van der Waals surface area (Å²) in [6, 6.07) is 0. The summed E-state index contributed by atoms with van der Waals surface area (Å²) in [5, 5.41) is 0.574. The molecule has 5 nitrogen and oxygen atoms in total. The largest absolute Gasteiger partial charge is 0.378 e. The van der Waals surface area contributed by atoms with E-state index in [2.05, 4.69) is 4.98 Å². The third-order valence-electron chi connectivity index (χ3n) is 3.71. The van der Waals surface area contributed by atoms with Crippen molar-refractivity contribution < 1.29 is 9.53 Å². The summed E-state index contributed by atoms with van der Waals surface area (Å²) in [6.45, 7) is 3.18. The van der Waals surface area contributed by atoms with Crippen LogP contribution in [-0.2, 0) is 23.1 Å². The highest BCUT2D eigenvalue weighted by Crippen LogP contribution is 2.23. The van der Waals surface area contributed by atoms with Crippen LogP contribution in [0.4, 0.5) is 0 Å². The van der Waals surface area contributed by atoms with Crippen molar-refractivity contribution in [3.8, 4) is 0 Å². The molecule has 19 heavy (non-hydrogen) atoms. The van der Waals surface area contributed by atoms with Crippen molar-refractivity contribution in [3.63, 3.8) is 0 Å². The van der Waals surface area contributed by atoms with Gasteiger partial charge in [0.25, 0.3) is 0 Å². The molecular formula is C13H20ClN3O2. The summed E-state index contributed by atoms with van der Waals surface area (Å²) in [5.41, 5.74) is 0. The molecule has 1 amide bonds. The number of halogens is 1. The number of rotatable bonds is 3. The molecule has 0 unspecified atom stereocenters. The van der Waals surface area contributed by atoms with Gasteiger partial charge in [0.1, 0.15) is 11.0 Å². The molecule has 0 saturated carbocycles. The van der Waals surface area contributed by atoms with Gasteiger partial charge >= 0.3 is 0 Å². The first-order valence-corrected chi connectivity index (χ1v) is 6.91. The van der Waals surface area contributed by atoms with E-state index >= 15 is 0 Å². The maximum Gasteiger partial charge on any atom is 0.228 e. The number of ether oxygens (including phenoxy) is 1. The Morgan fingerprint density at radius 1 is 1.68 bits per heavy atom. The lowest BCUT2D eigenvalue weighted by molar-refractivity contribution is -0.143. The van der Waals surface area contributed by atoms with Crippen LogP contribution < -0.4 is 0 Å². The molecule has 1 aromatic heterocycles. The van der Waals surface area contributed by atoms with Gasteiger partial charge in [-0.25, -0.2) is 4.98 Å². The molecule has 2 atom stereocenters. The third-order valence-corrected chi connectivity index (χ3v) is 4.06. The summed E-state index contributed by atoms with van der Waals surface area (Å²) >= 11 is 5.94. The van der Waals surface area contributed by atoms with Crippen LogP contribution in [0.5, 0.6) is 0 Å². The summed E-state index contributed by atoms with van der Waals surface area (Å²) in [6.07, 6.45) is 3.43. The molecule has 1 saturated heterocycles. The summed E-state index contributed by atoms with van der Waals surface area (Å²) in [5.74, 6) is 0.853. The molecule has 1 fully saturated rings. The molecule has 0 bridgehead atoms. The van der Waals surface area contributed by atoms with Gasteiger partial charge in [0.15, 0.2) is 0 Å². The highest BCUT2D eigenvalue weighted by atomic mass is 35.5. The summed E-state index contributed by atoms with van der Waals surface area (Å²) in [7, 11) is 3.64. The lowest BCUT2D eigenvalue weighted by Gasteiger charge is -2.31. The van der Waals surface area contributed by atoms with E-state index in [-0.39, 0.29) is 17.9 Å². The molecule has 0 spiro atoms. The predicted molar refractivity (Wildman–Crippen MR) is 72.8 cm³/mol. The minimum Gasteiger partial charge on any atom is -0.378 e. The van der Waals surface area contributed by atoms with Crippen LogP contribution in [0.25, 0.3) is 0 Å². The number of carbonyl (C=O) groups excluding carboxylic acids is 1. The van der Waals surface area contributed by atoms with Crippen molar-refractivity contribution in [2.24, 2.45) is 13.0 Å². The number of hydrogen-bond donors (Lipinski definition) is 0. The van der Waals surface area contributed by atoms with Crippen LogP contribution in [-0.4, -0.2) is 40.1 Å². The molecule has 0 aromatic carbocycles. The Hall–Kier alpha value is -1.07. The van der Waals surface area contributed by atoms with E-state index in [1.165, 1.54) is 0 Å². The van der Waals surface area contributed by atoms with E-state index < -0.39 is 0 Å². The number of aromatic nitrogens is 2. The zero-order chi connectivity index (χ0) is 14.0. The molecule has 0 aliphatic carbocycles. The maximum atomic E-state index is 12.4. The van der Waals surface area contributed by atoms with Crippen molar-refractivity contribution in [1.82, 2.24) is 14.5 Å². The van der Waals surface area contributed by atoms with Crippen LogP contribution >= 0.6 is 11.6 Å². The summed E-state index contributed by atoms with van der Waals surface area (Å²) < 4.78 is 7.33. The van der Waals surface area contributed by atoms with Crippen LogP contribution in [0.1, 0.15) is 25.6 Å². The third kappa shape index (κ3) is 3.09. The molecule has 2 heterocycles. The van der Waals surface area contributed by atoms with E-state index in [0.717, 1.165) is 25.3 Å². The smallest absolute Gasteiger partial charge is 0.228 e. The lowest BCUT2D eigenvalue weighted by atomic mass is 9.94. The molecule has 106 valence electrons. The lowest BCUT2D eigenvalue weighted by Crippen LogP contribution is -2.41. The Bertz CT molecular complexity index is 461. The van der Waals surface area contributed by atoms with Crippen LogP contribution in [0.2, 0.25) is 5.15 Å². The van der Waals surface area contributed by atoms with Gasteiger partial charge in [-0.15, -0.1) is 0 Å². The molecule has 0 radical (unpaired) electrons. The van der Waals surface area contributed by atoms with E-state index in [4.69, 9.17) is 16.3 Å². The predicted octanol–water partition coefficient (Wildman–Crippen LogP) is 1.85. The van der Waals surface area contributed by atoms with Crippen LogP contribution in [0, 0.1) is 5.92 Å². The van der Waals surface area contributed by atoms with Crippen LogP contribution in [0.15, 0.2) is 6.20 Å². The van der Waals surface area contributed by atoms with Crippen molar-refractivity contribution in [2.75, 3.05) is 13.7 Å². The average Bonchev–Trinajstić information content (AvgIpc) is 2.70. The van der Waals surface area contributed by atoms with Gasteiger partial charge in [-0.05, 0) is 19.8 Å². The normalized spacial score (nSPS) is 23.4. The fraction of sp³-hybridized carbons (Fsp3) is 0.692. The second-order valence-electron chi connectivity index (χ2n) is 5.08. The molecule has 0 N–H and O–H groups in total. The van der Waals surface area contributed by atoms with E-state index in [0.29, 0.717) is 11.7 Å². The Kier molecular flexibility index (Phi) is 4.47. The molecule has 1 aliphatic rings. The number of nitrogens with zero attached hydrogens (tertiary/aromatic N) is 3. The topological polar surface area (TPSA) is 47.4 Å². The fourth-order valence-corrected chi connectivity index (χ4v) is 2.54. The van der Waals surface area contributed by atoms with Crippen molar-refractivity contribution in [2.45, 2.75) is 32.4 Å². The molecule has 2 rings (SSSR count). The van der Waals surface area contributed by atoms with Gasteiger partial charge in [0.05, 0.1) is 24.8 Å². The Labute approximate surface area is 118 Å². The minimum absolute atomic E-state index is 0.00587. The van der Waals surface area contributed by atoms with Gasteiger partial charge in [0.2, 0.25) is 5.91 Å². The minimum atomic E-state index is -0.0468.